The fraction of sp³-hybridized carbons (Fsp3) is 0.450. The number of aromatic amines is 1. The highest BCUT2D eigenvalue weighted by molar-refractivity contribution is 6.32. The van der Waals surface area contributed by atoms with Crippen LogP contribution in [0.25, 0.3) is 10.9 Å². The summed E-state index contributed by atoms with van der Waals surface area (Å²) in [6.45, 7) is 2.87. The van der Waals surface area contributed by atoms with Crippen LogP contribution in [0, 0.1) is 0 Å². The Bertz CT molecular complexity index is 1050. The van der Waals surface area contributed by atoms with Crippen LogP contribution in [0.15, 0.2) is 24.5 Å². The summed E-state index contributed by atoms with van der Waals surface area (Å²) in [4.78, 5) is 11.3. The lowest BCUT2D eigenvalue weighted by Gasteiger charge is -2.36. The van der Waals surface area contributed by atoms with Gasteiger partial charge in [-0.3, -0.25) is 10.00 Å². The van der Waals surface area contributed by atoms with E-state index >= 15 is 0 Å². The van der Waals surface area contributed by atoms with Crippen LogP contribution in [0.4, 0.5) is 11.6 Å². The Labute approximate surface area is 183 Å². The van der Waals surface area contributed by atoms with Gasteiger partial charge in [0.15, 0.2) is 0 Å². The van der Waals surface area contributed by atoms with E-state index in [1.165, 1.54) is 0 Å². The van der Waals surface area contributed by atoms with Crippen LogP contribution in [-0.4, -0.2) is 68.6 Å². The SMILES string of the molecule is O[C@@H]1COC[C@@H]1N1CCC(c2cc3nc(Nc4cn[nH]c4Cl)ncc3cc2Cl)CC1. The maximum Gasteiger partial charge on any atom is 0.227 e. The minimum atomic E-state index is -0.392. The van der Waals surface area contributed by atoms with Crippen molar-refractivity contribution in [1.29, 1.82) is 0 Å². The van der Waals surface area contributed by atoms with Crippen molar-refractivity contribution in [1.82, 2.24) is 25.1 Å². The van der Waals surface area contributed by atoms with Gasteiger partial charge in [-0.15, -0.1) is 0 Å². The van der Waals surface area contributed by atoms with Crippen molar-refractivity contribution < 1.29 is 9.84 Å². The number of rotatable bonds is 4. The molecule has 10 heteroatoms. The fourth-order valence-electron chi connectivity index (χ4n) is 4.34. The van der Waals surface area contributed by atoms with Gasteiger partial charge in [-0.2, -0.15) is 5.10 Å². The summed E-state index contributed by atoms with van der Waals surface area (Å²) >= 11 is 12.7. The van der Waals surface area contributed by atoms with Gasteiger partial charge in [0, 0.05) is 16.6 Å². The predicted molar refractivity (Wildman–Crippen MR) is 116 cm³/mol. The fourth-order valence-corrected chi connectivity index (χ4v) is 4.81. The molecular formula is C20H22Cl2N6O2. The Balaban J connectivity index is 1.35. The van der Waals surface area contributed by atoms with E-state index in [1.807, 2.05) is 6.07 Å². The molecule has 0 amide bonds. The highest BCUT2D eigenvalue weighted by atomic mass is 35.5. The standard InChI is InChI=1S/C20H22Cl2N6O2/c21-14-5-12-7-23-20(26-16-8-24-27-19(16)22)25-15(12)6-13(14)11-1-3-28(4-2-11)17-9-30-10-18(17)29/h5-8,11,17-18,29H,1-4,9-10H2,(H,24,27)(H,23,25,26)/t17-,18+/m0/s1. The molecule has 5 rings (SSSR count). The van der Waals surface area contributed by atoms with Crippen molar-refractivity contribution in [3.05, 3.63) is 40.3 Å². The topological polar surface area (TPSA) is 99.2 Å². The molecule has 3 aromatic rings. The van der Waals surface area contributed by atoms with Gasteiger partial charge in [-0.1, -0.05) is 23.2 Å². The number of halogens is 2. The maximum atomic E-state index is 10.1. The number of nitrogens with zero attached hydrogens (tertiary/aromatic N) is 4. The summed E-state index contributed by atoms with van der Waals surface area (Å²) in [7, 11) is 0. The second-order valence-corrected chi connectivity index (χ2v) is 8.62. The van der Waals surface area contributed by atoms with E-state index in [0.717, 1.165) is 47.4 Å². The summed E-state index contributed by atoms with van der Waals surface area (Å²) in [6.07, 6.45) is 4.91. The minimum absolute atomic E-state index is 0.106. The number of likely N-dealkylation sites (tertiary alicyclic amines) is 1. The zero-order valence-electron chi connectivity index (χ0n) is 16.2. The number of ether oxygens (including phenoxy) is 1. The van der Waals surface area contributed by atoms with E-state index in [4.69, 9.17) is 27.9 Å². The summed E-state index contributed by atoms with van der Waals surface area (Å²) < 4.78 is 5.41. The van der Waals surface area contributed by atoms with E-state index in [1.54, 1.807) is 12.4 Å². The Kier molecular flexibility index (Phi) is 5.51. The number of hydrogen-bond donors (Lipinski definition) is 3. The van der Waals surface area contributed by atoms with Crippen LogP contribution in [0.3, 0.4) is 0 Å². The lowest BCUT2D eigenvalue weighted by Crippen LogP contribution is -2.46. The Hall–Kier alpha value is -1.97. The van der Waals surface area contributed by atoms with Crippen LogP contribution in [0.5, 0.6) is 0 Å². The number of aliphatic hydroxyl groups is 1. The van der Waals surface area contributed by atoms with Crippen molar-refractivity contribution >= 4 is 45.7 Å². The van der Waals surface area contributed by atoms with Crippen molar-refractivity contribution in [3.63, 3.8) is 0 Å². The second-order valence-electron chi connectivity index (χ2n) is 7.83. The maximum absolute atomic E-state index is 10.1. The lowest BCUT2D eigenvalue weighted by molar-refractivity contribution is 0.0663. The molecule has 0 radical (unpaired) electrons. The summed E-state index contributed by atoms with van der Waals surface area (Å²) in [5.41, 5.74) is 2.56. The van der Waals surface area contributed by atoms with Crippen LogP contribution in [0.1, 0.15) is 24.3 Å². The lowest BCUT2D eigenvalue weighted by atomic mass is 9.88. The zero-order valence-corrected chi connectivity index (χ0v) is 17.7. The molecule has 30 heavy (non-hydrogen) atoms. The number of anilines is 2. The first-order valence-corrected chi connectivity index (χ1v) is 10.8. The molecule has 2 aromatic heterocycles. The average molecular weight is 449 g/mol. The van der Waals surface area contributed by atoms with Gasteiger partial charge in [-0.05, 0) is 49.5 Å². The van der Waals surface area contributed by atoms with Crippen molar-refractivity contribution in [2.24, 2.45) is 0 Å². The van der Waals surface area contributed by atoms with Gasteiger partial charge in [0.2, 0.25) is 5.95 Å². The minimum Gasteiger partial charge on any atom is -0.389 e. The molecule has 3 N–H and O–H groups in total. The van der Waals surface area contributed by atoms with Crippen LogP contribution in [-0.2, 0) is 4.74 Å². The van der Waals surface area contributed by atoms with Crippen LogP contribution < -0.4 is 5.32 Å². The van der Waals surface area contributed by atoms with Crippen molar-refractivity contribution in [2.45, 2.75) is 30.9 Å². The first-order chi connectivity index (χ1) is 14.6. The Morgan fingerprint density at radius 1 is 1.17 bits per heavy atom. The number of fused-ring (bicyclic) bond motifs is 1. The molecule has 0 aliphatic carbocycles. The van der Waals surface area contributed by atoms with Gasteiger partial charge < -0.3 is 15.2 Å². The van der Waals surface area contributed by atoms with Crippen LogP contribution in [0.2, 0.25) is 10.2 Å². The summed E-state index contributed by atoms with van der Waals surface area (Å²) in [5.74, 6) is 0.802. The van der Waals surface area contributed by atoms with E-state index in [-0.39, 0.29) is 6.04 Å². The third-order valence-electron chi connectivity index (χ3n) is 6.00. The molecule has 4 heterocycles. The molecule has 0 bridgehead atoms. The molecule has 0 saturated carbocycles. The molecule has 8 nitrogen and oxygen atoms in total. The number of nitrogens with one attached hydrogen (secondary N) is 2. The smallest absolute Gasteiger partial charge is 0.227 e. The molecular weight excluding hydrogens is 427 g/mol. The number of aromatic nitrogens is 4. The Morgan fingerprint density at radius 2 is 2.00 bits per heavy atom. The van der Waals surface area contributed by atoms with E-state index in [0.29, 0.717) is 35.9 Å². The third-order valence-corrected chi connectivity index (χ3v) is 6.61. The number of aliphatic hydroxyl groups excluding tert-OH is 1. The average Bonchev–Trinajstić information content (AvgIpc) is 3.36. The first kappa shape index (κ1) is 20.0. The van der Waals surface area contributed by atoms with Gasteiger partial charge in [0.05, 0.1) is 42.8 Å². The molecule has 0 unspecified atom stereocenters. The van der Waals surface area contributed by atoms with Gasteiger partial charge >= 0.3 is 0 Å². The molecule has 2 fully saturated rings. The molecule has 2 aliphatic rings. The first-order valence-electron chi connectivity index (χ1n) is 10.0. The Morgan fingerprint density at radius 3 is 2.70 bits per heavy atom. The van der Waals surface area contributed by atoms with Gasteiger partial charge in [-0.25, -0.2) is 9.97 Å². The van der Waals surface area contributed by atoms with E-state index in [9.17, 15) is 5.11 Å². The highest BCUT2D eigenvalue weighted by Gasteiger charge is 2.34. The van der Waals surface area contributed by atoms with Crippen molar-refractivity contribution in [3.8, 4) is 0 Å². The van der Waals surface area contributed by atoms with E-state index < -0.39 is 6.10 Å². The second kappa shape index (κ2) is 8.28. The molecule has 158 valence electrons. The molecule has 1 aromatic carbocycles. The number of piperidine rings is 1. The predicted octanol–water partition coefficient (Wildman–Crippen LogP) is 3.34. The quantitative estimate of drug-likeness (QED) is 0.562. The van der Waals surface area contributed by atoms with E-state index in [2.05, 4.69) is 36.4 Å². The summed E-state index contributed by atoms with van der Waals surface area (Å²) in [5, 5.41) is 21.8. The molecule has 2 aliphatic heterocycles. The molecule has 2 atom stereocenters. The summed E-state index contributed by atoms with van der Waals surface area (Å²) in [6, 6.07) is 4.10. The number of hydrogen-bond acceptors (Lipinski definition) is 7. The monoisotopic (exact) mass is 448 g/mol. The van der Waals surface area contributed by atoms with Crippen LogP contribution >= 0.6 is 23.2 Å². The normalized spacial score (nSPS) is 23.3. The molecule has 0 spiro atoms. The molecule has 2 saturated heterocycles. The van der Waals surface area contributed by atoms with Crippen molar-refractivity contribution in [2.75, 3.05) is 31.6 Å². The number of H-pyrrole nitrogens is 1. The van der Waals surface area contributed by atoms with Gasteiger partial charge in [0.1, 0.15) is 5.15 Å². The zero-order chi connectivity index (χ0) is 20.7. The highest BCUT2D eigenvalue weighted by Crippen LogP contribution is 2.36. The largest absolute Gasteiger partial charge is 0.389 e. The number of benzene rings is 1. The third kappa shape index (κ3) is 3.86. The van der Waals surface area contributed by atoms with Gasteiger partial charge in [0.25, 0.3) is 0 Å².